The van der Waals surface area contributed by atoms with Crippen LogP contribution in [0.15, 0.2) is 36.7 Å². The number of aromatic hydroxyl groups is 1. The van der Waals surface area contributed by atoms with Gasteiger partial charge in [0.2, 0.25) is 0 Å². The molecular formula is C14H13NO4. The molecule has 2 N–H and O–H groups in total. The summed E-state index contributed by atoms with van der Waals surface area (Å²) in [5.41, 5.74) is 1.22. The van der Waals surface area contributed by atoms with E-state index in [2.05, 4.69) is 4.98 Å². The topological polar surface area (TPSA) is 79.7 Å². The number of benzene rings is 1. The van der Waals surface area contributed by atoms with Crippen molar-refractivity contribution in [1.82, 2.24) is 4.98 Å². The molecule has 2 aromatic rings. The fraction of sp³-hybridized carbons (Fsp3) is 0.143. The van der Waals surface area contributed by atoms with E-state index in [0.717, 1.165) is 0 Å². The largest absolute Gasteiger partial charge is 0.507 e. The van der Waals surface area contributed by atoms with Crippen molar-refractivity contribution in [3.63, 3.8) is 0 Å². The molecule has 0 bridgehead atoms. The fourth-order valence-electron chi connectivity index (χ4n) is 1.72. The highest BCUT2D eigenvalue weighted by molar-refractivity contribution is 5.89. The third-order valence-electron chi connectivity index (χ3n) is 2.58. The third kappa shape index (κ3) is 2.82. The minimum atomic E-state index is -1.08. The van der Waals surface area contributed by atoms with Gasteiger partial charge in [0.15, 0.2) is 0 Å². The Hall–Kier alpha value is -2.56. The van der Waals surface area contributed by atoms with E-state index in [1.54, 1.807) is 24.5 Å². The molecule has 0 fully saturated rings. The van der Waals surface area contributed by atoms with Gasteiger partial charge in [-0.1, -0.05) is 0 Å². The van der Waals surface area contributed by atoms with Crippen LogP contribution in [0.4, 0.5) is 0 Å². The lowest BCUT2D eigenvalue weighted by Crippen LogP contribution is -1.96. The number of carbonyl (C=O) groups is 1. The molecule has 1 heterocycles. The number of hydrogen-bond donors (Lipinski definition) is 2. The van der Waals surface area contributed by atoms with Crippen molar-refractivity contribution in [3.8, 4) is 22.6 Å². The normalized spacial score (nSPS) is 10.2. The minimum Gasteiger partial charge on any atom is -0.507 e. The number of aromatic nitrogens is 1. The number of pyridine rings is 1. The summed E-state index contributed by atoms with van der Waals surface area (Å²) in [6.07, 6.45) is 3.16. The lowest BCUT2D eigenvalue weighted by Gasteiger charge is -2.08. The SMILES string of the molecule is CCOc1cncc(-c2ccc(C(=O)O)cc2O)c1. The molecule has 1 aromatic heterocycles. The maximum absolute atomic E-state index is 10.8. The first-order chi connectivity index (χ1) is 9.11. The van der Waals surface area contributed by atoms with Crippen molar-refractivity contribution in [2.45, 2.75) is 6.92 Å². The van der Waals surface area contributed by atoms with Crippen LogP contribution in [0.5, 0.6) is 11.5 Å². The Morgan fingerprint density at radius 3 is 2.74 bits per heavy atom. The van der Waals surface area contributed by atoms with Crippen molar-refractivity contribution in [2.75, 3.05) is 6.61 Å². The van der Waals surface area contributed by atoms with Crippen molar-refractivity contribution in [3.05, 3.63) is 42.2 Å². The van der Waals surface area contributed by atoms with E-state index in [1.165, 1.54) is 12.1 Å². The molecule has 0 spiro atoms. The first-order valence-electron chi connectivity index (χ1n) is 5.76. The number of ether oxygens (including phenoxy) is 1. The molecule has 0 atom stereocenters. The van der Waals surface area contributed by atoms with Crippen LogP contribution in [-0.2, 0) is 0 Å². The van der Waals surface area contributed by atoms with Gasteiger partial charge in [-0.25, -0.2) is 4.79 Å². The number of nitrogens with zero attached hydrogens (tertiary/aromatic N) is 1. The van der Waals surface area contributed by atoms with Crippen LogP contribution in [0.25, 0.3) is 11.1 Å². The molecule has 0 amide bonds. The average molecular weight is 259 g/mol. The van der Waals surface area contributed by atoms with Crippen molar-refractivity contribution in [1.29, 1.82) is 0 Å². The number of hydrogen-bond acceptors (Lipinski definition) is 4. The van der Waals surface area contributed by atoms with Gasteiger partial charge in [0.05, 0.1) is 18.4 Å². The fourth-order valence-corrected chi connectivity index (χ4v) is 1.72. The summed E-state index contributed by atoms with van der Waals surface area (Å²) in [7, 11) is 0. The van der Waals surface area contributed by atoms with Crippen LogP contribution < -0.4 is 4.74 Å². The van der Waals surface area contributed by atoms with Gasteiger partial charge in [0.25, 0.3) is 0 Å². The quantitative estimate of drug-likeness (QED) is 0.882. The number of phenols is 1. The summed E-state index contributed by atoms with van der Waals surface area (Å²) < 4.78 is 5.33. The summed E-state index contributed by atoms with van der Waals surface area (Å²) in [5.74, 6) is -0.583. The molecule has 0 aliphatic heterocycles. The number of aromatic carboxylic acids is 1. The number of carboxylic acids is 1. The van der Waals surface area contributed by atoms with Crippen LogP contribution in [0.2, 0.25) is 0 Å². The molecule has 5 heteroatoms. The Bertz CT molecular complexity index is 610. The maximum atomic E-state index is 10.8. The first-order valence-corrected chi connectivity index (χ1v) is 5.76. The summed E-state index contributed by atoms with van der Waals surface area (Å²) in [6.45, 7) is 2.39. The molecule has 98 valence electrons. The first kappa shape index (κ1) is 12.9. The van der Waals surface area contributed by atoms with E-state index in [-0.39, 0.29) is 11.3 Å². The van der Waals surface area contributed by atoms with E-state index >= 15 is 0 Å². The molecule has 0 saturated heterocycles. The van der Waals surface area contributed by atoms with E-state index in [4.69, 9.17) is 9.84 Å². The van der Waals surface area contributed by atoms with E-state index < -0.39 is 5.97 Å². The van der Waals surface area contributed by atoms with Crippen LogP contribution in [0, 0.1) is 0 Å². The molecule has 0 aliphatic carbocycles. The predicted octanol–water partition coefficient (Wildman–Crippen LogP) is 2.55. The number of phenolic OH excluding ortho intramolecular Hbond substituents is 1. The van der Waals surface area contributed by atoms with Gasteiger partial charge in [-0.2, -0.15) is 0 Å². The van der Waals surface area contributed by atoms with Crippen molar-refractivity contribution in [2.24, 2.45) is 0 Å². The number of carboxylic acid groups (broad SMARTS) is 1. The van der Waals surface area contributed by atoms with E-state index in [0.29, 0.717) is 23.5 Å². The second-order valence-corrected chi connectivity index (χ2v) is 3.88. The Morgan fingerprint density at radius 2 is 2.11 bits per heavy atom. The third-order valence-corrected chi connectivity index (χ3v) is 2.58. The molecule has 2 rings (SSSR count). The Morgan fingerprint density at radius 1 is 1.32 bits per heavy atom. The summed E-state index contributed by atoms with van der Waals surface area (Å²) in [4.78, 5) is 14.8. The molecular weight excluding hydrogens is 246 g/mol. The molecule has 19 heavy (non-hydrogen) atoms. The van der Waals surface area contributed by atoms with Gasteiger partial charge in [-0.05, 0) is 31.2 Å². The van der Waals surface area contributed by atoms with Gasteiger partial charge in [-0.15, -0.1) is 0 Å². The zero-order valence-corrected chi connectivity index (χ0v) is 10.3. The second kappa shape index (κ2) is 5.39. The predicted molar refractivity (Wildman–Crippen MR) is 69.5 cm³/mol. The standard InChI is InChI=1S/C14H13NO4/c1-2-19-11-5-10(7-15-8-11)12-4-3-9(14(17)18)6-13(12)16/h3-8,16H,2H2,1H3,(H,17,18). The lowest BCUT2D eigenvalue weighted by molar-refractivity contribution is 0.0696. The monoisotopic (exact) mass is 259 g/mol. The summed E-state index contributed by atoms with van der Waals surface area (Å²) in [5, 5.41) is 18.7. The zero-order valence-electron chi connectivity index (χ0n) is 10.3. The molecule has 5 nitrogen and oxygen atoms in total. The Labute approximate surface area is 110 Å². The molecule has 0 radical (unpaired) electrons. The summed E-state index contributed by atoms with van der Waals surface area (Å²) >= 11 is 0. The average Bonchev–Trinajstić information content (AvgIpc) is 2.39. The van der Waals surface area contributed by atoms with Crippen molar-refractivity contribution < 1.29 is 19.7 Å². The summed E-state index contributed by atoms with van der Waals surface area (Å²) in [6, 6.07) is 5.94. The minimum absolute atomic E-state index is 0.0372. The van der Waals surface area contributed by atoms with Gasteiger partial charge < -0.3 is 14.9 Å². The number of rotatable bonds is 4. The van der Waals surface area contributed by atoms with Crippen LogP contribution in [0.3, 0.4) is 0 Å². The zero-order chi connectivity index (χ0) is 13.8. The van der Waals surface area contributed by atoms with Gasteiger partial charge >= 0.3 is 5.97 Å². The van der Waals surface area contributed by atoms with Crippen LogP contribution in [-0.4, -0.2) is 27.8 Å². The van der Waals surface area contributed by atoms with E-state index in [1.807, 2.05) is 6.92 Å². The maximum Gasteiger partial charge on any atom is 0.335 e. The van der Waals surface area contributed by atoms with Gasteiger partial charge in [-0.3, -0.25) is 4.98 Å². The molecule has 0 saturated carbocycles. The highest BCUT2D eigenvalue weighted by atomic mass is 16.5. The van der Waals surface area contributed by atoms with Crippen LogP contribution in [0.1, 0.15) is 17.3 Å². The smallest absolute Gasteiger partial charge is 0.335 e. The lowest BCUT2D eigenvalue weighted by atomic mass is 10.0. The van der Waals surface area contributed by atoms with E-state index in [9.17, 15) is 9.90 Å². The van der Waals surface area contributed by atoms with Gasteiger partial charge in [0.1, 0.15) is 11.5 Å². The Balaban J connectivity index is 2.41. The van der Waals surface area contributed by atoms with Crippen LogP contribution >= 0.6 is 0 Å². The highest BCUT2D eigenvalue weighted by Gasteiger charge is 2.10. The highest BCUT2D eigenvalue weighted by Crippen LogP contribution is 2.31. The second-order valence-electron chi connectivity index (χ2n) is 3.88. The molecule has 1 aromatic carbocycles. The van der Waals surface area contributed by atoms with Crippen molar-refractivity contribution >= 4 is 5.97 Å². The van der Waals surface area contributed by atoms with Gasteiger partial charge in [0, 0.05) is 17.3 Å². The Kier molecular flexibility index (Phi) is 3.66. The molecule has 0 aliphatic rings. The molecule has 0 unspecified atom stereocenters.